The van der Waals surface area contributed by atoms with Crippen LogP contribution in [-0.2, 0) is 34.8 Å². The lowest BCUT2D eigenvalue weighted by Gasteiger charge is -2.27. The van der Waals surface area contributed by atoms with Gasteiger partial charge in [-0.05, 0) is 30.5 Å². The Bertz CT molecular complexity index is 1770. The Hall–Kier alpha value is -3.76. The fourth-order valence-electron chi connectivity index (χ4n) is 4.51. The zero-order valence-corrected chi connectivity index (χ0v) is 25.8. The highest BCUT2D eigenvalue weighted by Crippen LogP contribution is 2.39. The normalized spacial score (nSPS) is 17.1. The van der Waals surface area contributed by atoms with Crippen LogP contribution in [0, 0.1) is 12.8 Å². The van der Waals surface area contributed by atoms with Gasteiger partial charge >= 0.3 is 18.0 Å². The summed E-state index contributed by atoms with van der Waals surface area (Å²) < 4.78 is 55.3. The van der Waals surface area contributed by atoms with Crippen molar-refractivity contribution in [1.82, 2.24) is 14.0 Å². The standard InChI is InChI=1S/C27H29ClF3N5O7S/c1-12(2)21(32)24(39)41-11-36-17(14-6-7-18(16(28)8-14)43-27(29,30)31)10-44-25(36)33-19(37)9-15-13(3)42-23-20(15)22(38)34(4)26(40)35(23)5/h6-8,12,17,21H,9-11,32H2,1-5H3/b33-25-/t17?,21-/m0/s1. The van der Waals surface area contributed by atoms with Crippen LogP contribution in [-0.4, -0.2) is 56.0 Å². The highest BCUT2D eigenvalue weighted by Gasteiger charge is 2.36. The third-order valence-corrected chi connectivity index (χ3v) is 8.39. The third-order valence-electron chi connectivity index (χ3n) is 7.03. The Morgan fingerprint density at radius 3 is 2.52 bits per heavy atom. The van der Waals surface area contributed by atoms with Crippen LogP contribution >= 0.6 is 23.4 Å². The lowest BCUT2D eigenvalue weighted by molar-refractivity contribution is -0.274. The summed E-state index contributed by atoms with van der Waals surface area (Å²) in [6.07, 6.45) is -5.29. The van der Waals surface area contributed by atoms with Crippen LogP contribution < -0.4 is 21.7 Å². The number of amidine groups is 1. The van der Waals surface area contributed by atoms with E-state index in [0.717, 1.165) is 27.0 Å². The number of hydrogen-bond donors (Lipinski definition) is 1. The maximum absolute atomic E-state index is 13.2. The number of furan rings is 1. The average Bonchev–Trinajstić information content (AvgIpc) is 3.49. The quantitative estimate of drug-likeness (QED) is 0.356. The number of alkyl halides is 3. The lowest BCUT2D eigenvalue weighted by Crippen LogP contribution is -2.40. The van der Waals surface area contributed by atoms with Crippen molar-refractivity contribution < 1.29 is 36.7 Å². The number of nitrogens with zero attached hydrogens (tertiary/aromatic N) is 4. The molecule has 3 heterocycles. The molecule has 12 nitrogen and oxygen atoms in total. The second kappa shape index (κ2) is 12.7. The molecule has 1 fully saturated rings. The number of ether oxygens (including phenoxy) is 2. The number of hydrogen-bond acceptors (Lipinski definition) is 9. The number of esters is 1. The van der Waals surface area contributed by atoms with Crippen molar-refractivity contribution in [2.24, 2.45) is 30.7 Å². The van der Waals surface area contributed by atoms with E-state index in [0.29, 0.717) is 5.56 Å². The Balaban J connectivity index is 1.66. The molecule has 1 amide bonds. The Morgan fingerprint density at radius 2 is 1.91 bits per heavy atom. The number of nitrogens with two attached hydrogens (primary N) is 1. The molecule has 3 aromatic rings. The molecule has 0 aliphatic carbocycles. The molecule has 0 bridgehead atoms. The van der Waals surface area contributed by atoms with E-state index in [9.17, 15) is 32.3 Å². The molecular formula is C27H29ClF3N5O7S. The molecule has 1 aliphatic rings. The first kappa shape index (κ1) is 33.1. The van der Waals surface area contributed by atoms with E-state index in [1.165, 1.54) is 31.1 Å². The SMILES string of the molecule is Cc1oc2c(c1CC(=O)/N=C1\SCC(c3ccc(OC(F)(F)F)c(Cl)c3)N1COC(=O)[C@@H](N)C(C)C)c(=O)n(C)c(=O)n2C. The molecule has 17 heteroatoms. The second-order valence-corrected chi connectivity index (χ2v) is 11.8. The van der Waals surface area contributed by atoms with Crippen molar-refractivity contribution in [2.75, 3.05) is 12.5 Å². The van der Waals surface area contributed by atoms with Gasteiger partial charge in [0, 0.05) is 25.4 Å². The first-order valence-electron chi connectivity index (χ1n) is 13.2. The summed E-state index contributed by atoms with van der Waals surface area (Å²) in [5, 5.41) is -0.0753. The van der Waals surface area contributed by atoms with Crippen LogP contribution in [0.5, 0.6) is 5.75 Å². The monoisotopic (exact) mass is 659 g/mol. The van der Waals surface area contributed by atoms with E-state index in [2.05, 4.69) is 9.73 Å². The number of benzene rings is 1. The maximum Gasteiger partial charge on any atom is 0.573 e. The molecular weight excluding hydrogens is 631 g/mol. The summed E-state index contributed by atoms with van der Waals surface area (Å²) >= 11 is 7.22. The van der Waals surface area contributed by atoms with Crippen LogP contribution in [0.3, 0.4) is 0 Å². The first-order valence-corrected chi connectivity index (χ1v) is 14.5. The molecule has 2 atom stereocenters. The molecule has 0 radical (unpaired) electrons. The predicted octanol–water partition coefficient (Wildman–Crippen LogP) is 3.39. The predicted molar refractivity (Wildman–Crippen MR) is 157 cm³/mol. The average molecular weight is 660 g/mol. The summed E-state index contributed by atoms with van der Waals surface area (Å²) in [6, 6.07) is 2.18. The minimum Gasteiger partial charge on any atom is -0.444 e. The highest BCUT2D eigenvalue weighted by atomic mass is 35.5. The number of amides is 1. The van der Waals surface area contributed by atoms with Crippen LogP contribution in [0.4, 0.5) is 13.2 Å². The van der Waals surface area contributed by atoms with Gasteiger partial charge in [-0.15, -0.1) is 13.2 Å². The number of aromatic nitrogens is 2. The van der Waals surface area contributed by atoms with Gasteiger partial charge in [0.15, 0.2) is 11.9 Å². The molecule has 1 aromatic carbocycles. The van der Waals surface area contributed by atoms with E-state index in [4.69, 9.17) is 26.5 Å². The van der Waals surface area contributed by atoms with Gasteiger partial charge in [0.05, 0.1) is 17.5 Å². The van der Waals surface area contributed by atoms with Crippen molar-refractivity contribution in [3.63, 3.8) is 0 Å². The molecule has 1 saturated heterocycles. The number of rotatable bonds is 8. The summed E-state index contributed by atoms with van der Waals surface area (Å²) in [4.78, 5) is 56.7. The fourth-order valence-corrected chi connectivity index (χ4v) is 5.93. The van der Waals surface area contributed by atoms with Crippen molar-refractivity contribution in [3.05, 3.63) is 60.9 Å². The molecule has 238 valence electrons. The number of carbonyl (C=O) groups excluding carboxylic acids is 2. The third kappa shape index (κ3) is 6.81. The first-order chi connectivity index (χ1) is 20.5. The molecule has 2 N–H and O–H groups in total. The van der Waals surface area contributed by atoms with Gasteiger partial charge < -0.3 is 24.5 Å². The zero-order valence-electron chi connectivity index (χ0n) is 24.2. The second-order valence-electron chi connectivity index (χ2n) is 10.4. The number of thioether (sulfide) groups is 1. The van der Waals surface area contributed by atoms with Gasteiger partial charge in [-0.2, -0.15) is 4.99 Å². The largest absolute Gasteiger partial charge is 0.573 e. The molecule has 4 rings (SSSR count). The van der Waals surface area contributed by atoms with E-state index in [1.807, 2.05) is 0 Å². The molecule has 44 heavy (non-hydrogen) atoms. The Morgan fingerprint density at radius 1 is 1.23 bits per heavy atom. The smallest absolute Gasteiger partial charge is 0.444 e. The Kier molecular flexibility index (Phi) is 9.56. The van der Waals surface area contributed by atoms with Gasteiger partial charge in [0.2, 0.25) is 5.71 Å². The molecule has 0 saturated carbocycles. The summed E-state index contributed by atoms with van der Waals surface area (Å²) in [5.74, 6) is -1.65. The molecule has 1 aliphatic heterocycles. The van der Waals surface area contributed by atoms with Crippen molar-refractivity contribution in [3.8, 4) is 5.75 Å². The lowest BCUT2D eigenvalue weighted by atomic mass is 10.1. The zero-order chi connectivity index (χ0) is 32.7. The van der Waals surface area contributed by atoms with Crippen LogP contribution in [0.25, 0.3) is 11.1 Å². The van der Waals surface area contributed by atoms with E-state index in [-0.39, 0.29) is 57.4 Å². The fraction of sp³-hybridized carbons (Fsp3) is 0.444. The number of carbonyl (C=O) groups is 2. The van der Waals surface area contributed by atoms with Gasteiger partial charge in [-0.1, -0.05) is 43.3 Å². The topological polar surface area (TPSA) is 151 Å². The molecule has 0 spiro atoms. The number of aliphatic imine (C=N–C) groups is 1. The van der Waals surface area contributed by atoms with Gasteiger partial charge in [-0.25, -0.2) is 4.79 Å². The number of fused-ring (bicyclic) bond motifs is 1. The van der Waals surface area contributed by atoms with Gasteiger partial charge in [0.25, 0.3) is 11.5 Å². The van der Waals surface area contributed by atoms with Crippen molar-refractivity contribution in [2.45, 2.75) is 45.6 Å². The number of aryl methyl sites for hydroxylation is 2. The minimum absolute atomic E-state index is 0.0196. The van der Waals surface area contributed by atoms with E-state index < -0.39 is 47.3 Å². The van der Waals surface area contributed by atoms with Gasteiger partial charge in [-0.3, -0.25) is 23.5 Å². The highest BCUT2D eigenvalue weighted by molar-refractivity contribution is 8.14. The van der Waals surface area contributed by atoms with Crippen molar-refractivity contribution in [1.29, 1.82) is 0 Å². The Labute approximate surface area is 257 Å². The van der Waals surface area contributed by atoms with E-state index in [1.54, 1.807) is 20.8 Å². The van der Waals surface area contributed by atoms with Crippen molar-refractivity contribution >= 4 is 51.5 Å². The number of halogens is 4. The van der Waals surface area contributed by atoms with Crippen LogP contribution in [0.15, 0.2) is 37.2 Å². The summed E-state index contributed by atoms with van der Waals surface area (Å²) in [5.41, 5.74) is 5.41. The summed E-state index contributed by atoms with van der Waals surface area (Å²) in [7, 11) is 2.75. The maximum atomic E-state index is 13.2. The van der Waals surface area contributed by atoms with Crippen LogP contribution in [0.2, 0.25) is 5.02 Å². The summed E-state index contributed by atoms with van der Waals surface area (Å²) in [6.45, 7) is 4.66. The molecule has 1 unspecified atom stereocenters. The molecule has 2 aromatic heterocycles. The van der Waals surface area contributed by atoms with Gasteiger partial charge in [0.1, 0.15) is 22.9 Å². The minimum atomic E-state index is -4.94. The van der Waals surface area contributed by atoms with E-state index >= 15 is 0 Å². The van der Waals surface area contributed by atoms with Crippen LogP contribution in [0.1, 0.15) is 36.8 Å².